The number of hydrogen-bond acceptors (Lipinski definition) is 2. The summed E-state index contributed by atoms with van der Waals surface area (Å²) in [4.78, 5) is 0.852. The number of hydrogen-bond donors (Lipinski definition) is 1. The van der Waals surface area contributed by atoms with Gasteiger partial charge in [-0.3, -0.25) is 0 Å². The predicted molar refractivity (Wildman–Crippen MR) is 75.5 cm³/mol. The summed E-state index contributed by atoms with van der Waals surface area (Å²) in [6, 6.07) is 14.1. The molecule has 0 heterocycles. The van der Waals surface area contributed by atoms with Gasteiger partial charge in [0.15, 0.2) is 0 Å². The van der Waals surface area contributed by atoms with E-state index < -0.39 is 0 Å². The minimum absolute atomic E-state index is 0.0282. The molecule has 0 amide bonds. The van der Waals surface area contributed by atoms with Gasteiger partial charge < -0.3 is 5.73 Å². The quantitative estimate of drug-likeness (QED) is 0.847. The number of halogens is 2. The number of nitrogens with two attached hydrogens (primary N) is 1. The Morgan fingerprint density at radius 1 is 1.17 bits per heavy atom. The van der Waals surface area contributed by atoms with Crippen molar-refractivity contribution in [2.24, 2.45) is 5.73 Å². The highest BCUT2D eigenvalue weighted by atomic mass is 35.5. The number of thioether (sulfide) groups is 1. The second kappa shape index (κ2) is 6.23. The molecule has 1 nitrogen and oxygen atoms in total. The molecule has 2 rings (SSSR count). The lowest BCUT2D eigenvalue weighted by Gasteiger charge is -2.16. The molecule has 0 aromatic heterocycles. The molecule has 0 bridgehead atoms. The maximum atomic E-state index is 13.1. The van der Waals surface area contributed by atoms with Crippen LogP contribution in [-0.2, 0) is 0 Å². The molecule has 18 heavy (non-hydrogen) atoms. The fraction of sp³-hybridized carbons (Fsp3) is 0.143. The summed E-state index contributed by atoms with van der Waals surface area (Å²) in [5.41, 5.74) is 6.77. The van der Waals surface area contributed by atoms with Crippen molar-refractivity contribution in [3.63, 3.8) is 0 Å². The van der Waals surface area contributed by atoms with Crippen LogP contribution in [0, 0.1) is 5.82 Å². The van der Waals surface area contributed by atoms with Gasteiger partial charge in [-0.25, -0.2) is 4.39 Å². The lowest BCUT2D eigenvalue weighted by molar-refractivity contribution is 0.624. The van der Waals surface area contributed by atoms with Crippen LogP contribution in [0.25, 0.3) is 0 Å². The summed E-state index contributed by atoms with van der Waals surface area (Å²) in [5.74, 6) is -0.241. The first-order valence-corrected chi connectivity index (χ1v) is 6.83. The minimum Gasteiger partial charge on any atom is -0.329 e. The Labute approximate surface area is 115 Å². The number of rotatable bonds is 4. The molecular formula is C14H13ClFNS. The first-order valence-electron chi connectivity index (χ1n) is 5.57. The van der Waals surface area contributed by atoms with Crippen LogP contribution in [0.2, 0.25) is 5.02 Å². The summed E-state index contributed by atoms with van der Waals surface area (Å²) in [6.45, 7) is 0.449. The molecule has 2 N–H and O–H groups in total. The van der Waals surface area contributed by atoms with Crippen molar-refractivity contribution in [1.82, 2.24) is 0 Å². The number of benzene rings is 2. The maximum Gasteiger partial charge on any atom is 0.124 e. The monoisotopic (exact) mass is 281 g/mol. The van der Waals surface area contributed by atoms with Crippen molar-refractivity contribution in [1.29, 1.82) is 0 Å². The molecule has 0 spiro atoms. The molecule has 2 aromatic carbocycles. The van der Waals surface area contributed by atoms with E-state index in [-0.39, 0.29) is 11.1 Å². The lowest BCUT2D eigenvalue weighted by Crippen LogP contribution is -2.09. The summed E-state index contributed by atoms with van der Waals surface area (Å²) >= 11 is 7.67. The third-order valence-electron chi connectivity index (χ3n) is 2.54. The van der Waals surface area contributed by atoms with Gasteiger partial charge >= 0.3 is 0 Å². The topological polar surface area (TPSA) is 26.0 Å². The zero-order valence-corrected chi connectivity index (χ0v) is 11.2. The van der Waals surface area contributed by atoms with Crippen LogP contribution in [0.4, 0.5) is 4.39 Å². The van der Waals surface area contributed by atoms with Crippen LogP contribution < -0.4 is 5.73 Å². The van der Waals surface area contributed by atoms with Crippen molar-refractivity contribution >= 4 is 23.4 Å². The second-order valence-electron chi connectivity index (χ2n) is 3.82. The zero-order valence-electron chi connectivity index (χ0n) is 9.64. The zero-order chi connectivity index (χ0) is 13.0. The van der Waals surface area contributed by atoms with Crippen molar-refractivity contribution < 1.29 is 4.39 Å². The molecule has 2 aromatic rings. The first-order chi connectivity index (χ1) is 8.70. The van der Waals surface area contributed by atoms with E-state index in [4.69, 9.17) is 17.3 Å². The van der Waals surface area contributed by atoms with E-state index in [1.165, 1.54) is 23.9 Å². The van der Waals surface area contributed by atoms with Gasteiger partial charge in [-0.15, -0.1) is 11.8 Å². The fourth-order valence-corrected chi connectivity index (χ4v) is 3.11. The third kappa shape index (κ3) is 3.25. The largest absolute Gasteiger partial charge is 0.329 e. The Morgan fingerprint density at radius 3 is 2.61 bits per heavy atom. The van der Waals surface area contributed by atoms with Gasteiger partial charge in [0.25, 0.3) is 0 Å². The Morgan fingerprint density at radius 2 is 1.94 bits per heavy atom. The first kappa shape index (κ1) is 13.4. The van der Waals surface area contributed by atoms with E-state index in [1.807, 2.05) is 30.3 Å². The van der Waals surface area contributed by atoms with Gasteiger partial charge in [0.05, 0.1) is 0 Å². The maximum absolute atomic E-state index is 13.1. The molecule has 1 atom stereocenters. The third-order valence-corrected chi connectivity index (χ3v) is 4.14. The highest BCUT2D eigenvalue weighted by molar-refractivity contribution is 7.99. The summed E-state index contributed by atoms with van der Waals surface area (Å²) in [6.07, 6.45) is 0. The van der Waals surface area contributed by atoms with E-state index in [0.29, 0.717) is 11.6 Å². The molecule has 94 valence electrons. The minimum atomic E-state index is -0.241. The standard InChI is InChI=1S/C14H13ClFNS/c15-13-7-2-1-6-12(13)14(9-17)18-11-5-3-4-10(16)8-11/h1-8,14H,9,17H2. The smallest absolute Gasteiger partial charge is 0.124 e. The molecule has 1 unspecified atom stereocenters. The van der Waals surface area contributed by atoms with E-state index in [9.17, 15) is 4.39 Å². The van der Waals surface area contributed by atoms with Gasteiger partial charge in [0.1, 0.15) is 5.82 Å². The van der Waals surface area contributed by atoms with Gasteiger partial charge in [0.2, 0.25) is 0 Å². The van der Waals surface area contributed by atoms with Gasteiger partial charge in [-0.05, 0) is 29.8 Å². The van der Waals surface area contributed by atoms with Crippen LogP contribution in [-0.4, -0.2) is 6.54 Å². The molecule has 0 aliphatic rings. The van der Waals surface area contributed by atoms with E-state index >= 15 is 0 Å². The van der Waals surface area contributed by atoms with E-state index in [2.05, 4.69) is 0 Å². The summed E-state index contributed by atoms with van der Waals surface area (Å²) < 4.78 is 13.1. The van der Waals surface area contributed by atoms with Crippen LogP contribution >= 0.6 is 23.4 Å². The van der Waals surface area contributed by atoms with Gasteiger partial charge in [-0.1, -0.05) is 35.9 Å². The molecule has 0 fully saturated rings. The molecule has 0 aliphatic carbocycles. The van der Waals surface area contributed by atoms with Crippen molar-refractivity contribution in [2.45, 2.75) is 10.1 Å². The molecule has 4 heteroatoms. The van der Waals surface area contributed by atoms with Crippen molar-refractivity contribution in [3.05, 3.63) is 64.9 Å². The van der Waals surface area contributed by atoms with Crippen molar-refractivity contribution in [2.75, 3.05) is 6.54 Å². The van der Waals surface area contributed by atoms with E-state index in [1.54, 1.807) is 6.07 Å². The molecule has 0 saturated heterocycles. The average Bonchev–Trinajstić information content (AvgIpc) is 2.37. The normalized spacial score (nSPS) is 12.4. The van der Waals surface area contributed by atoms with Gasteiger partial charge in [-0.2, -0.15) is 0 Å². The molecule has 0 saturated carbocycles. The van der Waals surface area contributed by atoms with E-state index in [0.717, 1.165) is 10.5 Å². The molecule has 0 aliphatic heterocycles. The van der Waals surface area contributed by atoms with Crippen LogP contribution in [0.3, 0.4) is 0 Å². The van der Waals surface area contributed by atoms with Gasteiger partial charge in [0, 0.05) is 21.7 Å². The highest BCUT2D eigenvalue weighted by Gasteiger charge is 2.14. The van der Waals surface area contributed by atoms with Crippen LogP contribution in [0.1, 0.15) is 10.8 Å². The SMILES string of the molecule is NCC(Sc1cccc(F)c1)c1ccccc1Cl. The Hall–Kier alpha value is -1.03. The van der Waals surface area contributed by atoms with Crippen molar-refractivity contribution in [3.8, 4) is 0 Å². The second-order valence-corrected chi connectivity index (χ2v) is 5.50. The molecule has 0 radical (unpaired) electrons. The molecular weight excluding hydrogens is 269 g/mol. The van der Waals surface area contributed by atoms with Crippen LogP contribution in [0.15, 0.2) is 53.4 Å². The lowest BCUT2D eigenvalue weighted by atomic mass is 10.1. The Kier molecular flexibility index (Phi) is 4.64. The summed E-state index contributed by atoms with van der Waals surface area (Å²) in [5, 5.41) is 0.720. The fourth-order valence-electron chi connectivity index (χ4n) is 1.68. The average molecular weight is 282 g/mol. The predicted octanol–water partition coefficient (Wildman–Crippen LogP) is 4.27. The van der Waals surface area contributed by atoms with Crippen LogP contribution in [0.5, 0.6) is 0 Å². The Balaban J connectivity index is 2.23. The highest BCUT2D eigenvalue weighted by Crippen LogP contribution is 2.37. The summed E-state index contributed by atoms with van der Waals surface area (Å²) in [7, 11) is 0. The Bertz CT molecular complexity index is 533.